The monoisotopic (exact) mass is 294 g/mol. The van der Waals surface area contributed by atoms with E-state index in [-0.39, 0.29) is 5.91 Å². The van der Waals surface area contributed by atoms with Gasteiger partial charge in [-0.05, 0) is 49.1 Å². The van der Waals surface area contributed by atoms with Crippen molar-refractivity contribution in [2.45, 2.75) is 32.7 Å². The summed E-state index contributed by atoms with van der Waals surface area (Å²) in [5, 5.41) is 2.99. The van der Waals surface area contributed by atoms with Crippen LogP contribution in [0.5, 0.6) is 0 Å². The number of amides is 1. The third-order valence-corrected chi connectivity index (χ3v) is 4.31. The van der Waals surface area contributed by atoms with Crippen molar-refractivity contribution in [3.63, 3.8) is 0 Å². The van der Waals surface area contributed by atoms with Crippen LogP contribution in [0.4, 0.5) is 11.4 Å². The second-order valence-electron chi connectivity index (χ2n) is 5.91. The van der Waals surface area contributed by atoms with Gasteiger partial charge >= 0.3 is 0 Å². The molecule has 114 valence electrons. The van der Waals surface area contributed by atoms with E-state index in [1.54, 1.807) is 0 Å². The van der Waals surface area contributed by atoms with Crippen LogP contribution in [0, 0.1) is 0 Å². The lowest BCUT2D eigenvalue weighted by Gasteiger charge is -2.24. The Hall–Kier alpha value is -2.29. The topological polar surface area (TPSA) is 32.3 Å². The molecule has 0 unspecified atom stereocenters. The molecule has 3 heteroatoms. The average molecular weight is 294 g/mol. The fourth-order valence-electron chi connectivity index (χ4n) is 3.05. The van der Waals surface area contributed by atoms with Crippen molar-refractivity contribution in [1.29, 1.82) is 0 Å². The van der Waals surface area contributed by atoms with Gasteiger partial charge in [-0.1, -0.05) is 37.3 Å². The average Bonchev–Trinajstić information content (AvgIpc) is 2.84. The summed E-state index contributed by atoms with van der Waals surface area (Å²) in [5.74, 6) is 0.0350. The number of hydrogen-bond donors (Lipinski definition) is 1. The van der Waals surface area contributed by atoms with Crippen LogP contribution in [0.25, 0.3) is 0 Å². The summed E-state index contributed by atoms with van der Waals surface area (Å²) in [6.45, 7) is 4.69. The Balaban J connectivity index is 1.66. The maximum absolute atomic E-state index is 12.3. The van der Waals surface area contributed by atoms with Gasteiger partial charge in [0.25, 0.3) is 0 Å². The highest BCUT2D eigenvalue weighted by Crippen LogP contribution is 2.31. The molecule has 3 nitrogen and oxygen atoms in total. The highest BCUT2D eigenvalue weighted by Gasteiger charge is 2.26. The van der Waals surface area contributed by atoms with Gasteiger partial charge in [0.2, 0.25) is 5.91 Å². The van der Waals surface area contributed by atoms with E-state index in [1.807, 2.05) is 18.2 Å². The van der Waals surface area contributed by atoms with E-state index in [0.29, 0.717) is 12.6 Å². The first-order valence-electron chi connectivity index (χ1n) is 7.90. The van der Waals surface area contributed by atoms with Crippen LogP contribution in [-0.4, -0.2) is 18.5 Å². The molecule has 0 aromatic heterocycles. The first-order chi connectivity index (χ1) is 10.7. The molecule has 2 aromatic rings. The maximum atomic E-state index is 12.3. The summed E-state index contributed by atoms with van der Waals surface area (Å²) in [4.78, 5) is 14.5. The number of aryl methyl sites for hydroxylation is 1. The molecular weight excluding hydrogens is 272 g/mol. The van der Waals surface area contributed by atoms with E-state index in [4.69, 9.17) is 0 Å². The molecule has 0 bridgehead atoms. The summed E-state index contributed by atoms with van der Waals surface area (Å²) >= 11 is 0. The Labute approximate surface area is 132 Å². The summed E-state index contributed by atoms with van der Waals surface area (Å²) in [6.07, 6.45) is 2.02. The van der Waals surface area contributed by atoms with Gasteiger partial charge in [-0.15, -0.1) is 0 Å². The minimum atomic E-state index is 0.0350. The molecule has 0 spiro atoms. The molecule has 1 amide bonds. The fraction of sp³-hybridized carbons (Fsp3) is 0.316. The first kappa shape index (κ1) is 14.6. The number of benzene rings is 2. The van der Waals surface area contributed by atoms with E-state index in [0.717, 1.165) is 18.5 Å². The molecule has 3 rings (SSSR count). The number of carbonyl (C=O) groups excluding carboxylic acids is 1. The lowest BCUT2D eigenvalue weighted by atomic mass is 10.1. The van der Waals surface area contributed by atoms with Crippen molar-refractivity contribution in [3.8, 4) is 0 Å². The predicted molar refractivity (Wildman–Crippen MR) is 91.4 cm³/mol. The van der Waals surface area contributed by atoms with Gasteiger partial charge in [-0.25, -0.2) is 0 Å². The normalized spacial score (nSPS) is 16.5. The van der Waals surface area contributed by atoms with E-state index >= 15 is 0 Å². The van der Waals surface area contributed by atoms with Gasteiger partial charge in [-0.2, -0.15) is 0 Å². The van der Waals surface area contributed by atoms with E-state index < -0.39 is 0 Å². The van der Waals surface area contributed by atoms with Crippen LogP contribution in [0.1, 0.15) is 25.0 Å². The number of rotatable bonds is 4. The van der Waals surface area contributed by atoms with Crippen LogP contribution < -0.4 is 10.2 Å². The second kappa shape index (κ2) is 6.22. The van der Waals surface area contributed by atoms with Crippen LogP contribution in [0.15, 0.2) is 48.5 Å². The van der Waals surface area contributed by atoms with Crippen LogP contribution in [0.3, 0.4) is 0 Å². The van der Waals surface area contributed by atoms with Crippen LogP contribution in [0.2, 0.25) is 0 Å². The van der Waals surface area contributed by atoms with Gasteiger partial charge < -0.3 is 10.2 Å². The standard InChI is InChI=1S/C19H22N2O/c1-3-15-8-10-17(11-9-15)20-19(22)13-21-14(2)12-16-6-4-5-7-18(16)21/h4-11,14H,3,12-13H2,1-2H3,(H,20,22)/t14-/m0/s1. The number of fused-ring (bicyclic) bond motifs is 1. The molecular formula is C19H22N2O. The number of anilines is 2. The highest BCUT2D eigenvalue weighted by molar-refractivity contribution is 5.94. The third-order valence-electron chi connectivity index (χ3n) is 4.31. The van der Waals surface area contributed by atoms with Gasteiger partial charge in [0.15, 0.2) is 0 Å². The largest absolute Gasteiger partial charge is 0.359 e. The smallest absolute Gasteiger partial charge is 0.243 e. The van der Waals surface area contributed by atoms with Crippen molar-refractivity contribution in [2.24, 2.45) is 0 Å². The maximum Gasteiger partial charge on any atom is 0.243 e. The molecule has 1 aliphatic heterocycles. The number of nitrogens with zero attached hydrogens (tertiary/aromatic N) is 1. The van der Waals surface area contributed by atoms with E-state index in [2.05, 4.69) is 54.4 Å². The van der Waals surface area contributed by atoms with Crippen LogP contribution >= 0.6 is 0 Å². The van der Waals surface area contributed by atoms with Gasteiger partial charge in [0, 0.05) is 17.4 Å². The predicted octanol–water partition coefficient (Wildman–Crippen LogP) is 3.64. The third kappa shape index (κ3) is 2.98. The zero-order valence-corrected chi connectivity index (χ0v) is 13.2. The zero-order chi connectivity index (χ0) is 15.5. The number of nitrogens with one attached hydrogen (secondary N) is 1. The molecule has 2 aromatic carbocycles. The Morgan fingerprint density at radius 2 is 1.91 bits per heavy atom. The number of carbonyl (C=O) groups is 1. The first-order valence-corrected chi connectivity index (χ1v) is 7.90. The van der Waals surface area contributed by atoms with Gasteiger partial charge in [0.1, 0.15) is 0 Å². The van der Waals surface area contributed by atoms with Gasteiger partial charge in [-0.3, -0.25) is 4.79 Å². The van der Waals surface area contributed by atoms with Crippen molar-refractivity contribution in [1.82, 2.24) is 0 Å². The molecule has 0 fully saturated rings. The highest BCUT2D eigenvalue weighted by atomic mass is 16.2. The minimum absolute atomic E-state index is 0.0350. The quantitative estimate of drug-likeness (QED) is 0.933. The fourth-order valence-corrected chi connectivity index (χ4v) is 3.05. The lowest BCUT2D eigenvalue weighted by molar-refractivity contribution is -0.115. The summed E-state index contributed by atoms with van der Waals surface area (Å²) < 4.78 is 0. The summed E-state index contributed by atoms with van der Waals surface area (Å²) in [7, 11) is 0. The van der Waals surface area contributed by atoms with Crippen LogP contribution in [-0.2, 0) is 17.6 Å². The van der Waals surface area contributed by atoms with E-state index in [1.165, 1.54) is 16.8 Å². The molecule has 1 heterocycles. The second-order valence-corrected chi connectivity index (χ2v) is 5.91. The Morgan fingerprint density at radius 3 is 2.64 bits per heavy atom. The van der Waals surface area contributed by atoms with E-state index in [9.17, 15) is 4.79 Å². The van der Waals surface area contributed by atoms with Gasteiger partial charge in [0.05, 0.1) is 6.54 Å². The molecule has 0 aliphatic carbocycles. The minimum Gasteiger partial charge on any atom is -0.359 e. The van der Waals surface area contributed by atoms with Crippen molar-refractivity contribution < 1.29 is 4.79 Å². The Morgan fingerprint density at radius 1 is 1.18 bits per heavy atom. The molecule has 1 aliphatic rings. The summed E-state index contributed by atoms with van der Waals surface area (Å²) in [5.41, 5.74) is 4.66. The van der Waals surface area contributed by atoms with Crippen molar-refractivity contribution in [3.05, 3.63) is 59.7 Å². The Kier molecular flexibility index (Phi) is 4.14. The number of hydrogen-bond acceptors (Lipinski definition) is 2. The molecule has 0 saturated carbocycles. The lowest BCUT2D eigenvalue weighted by Crippen LogP contribution is -2.37. The SMILES string of the molecule is CCc1ccc(NC(=O)CN2c3ccccc3C[C@@H]2C)cc1. The zero-order valence-electron chi connectivity index (χ0n) is 13.2. The number of para-hydroxylation sites is 1. The van der Waals surface area contributed by atoms with Crippen molar-refractivity contribution in [2.75, 3.05) is 16.8 Å². The molecule has 1 atom stereocenters. The summed E-state index contributed by atoms with van der Waals surface area (Å²) in [6, 6.07) is 16.8. The van der Waals surface area contributed by atoms with Crippen molar-refractivity contribution >= 4 is 17.3 Å². The molecule has 0 saturated heterocycles. The molecule has 0 radical (unpaired) electrons. The molecule has 1 N–H and O–H groups in total. The Bertz CT molecular complexity index is 663. The molecule has 22 heavy (non-hydrogen) atoms.